The van der Waals surface area contributed by atoms with Crippen LogP contribution >= 0.6 is 15.9 Å². The predicted octanol–water partition coefficient (Wildman–Crippen LogP) is 4.14. The van der Waals surface area contributed by atoms with Crippen molar-refractivity contribution in [2.75, 3.05) is 11.9 Å². The highest BCUT2D eigenvalue weighted by Gasteiger charge is 2.14. The molecule has 0 aliphatic rings. The van der Waals surface area contributed by atoms with Crippen molar-refractivity contribution in [2.45, 2.75) is 26.7 Å². The molecule has 1 heterocycles. The maximum absolute atomic E-state index is 13.5. The van der Waals surface area contributed by atoms with Crippen molar-refractivity contribution in [1.82, 2.24) is 9.97 Å². The number of halogens is 2. The molecule has 0 bridgehead atoms. The van der Waals surface area contributed by atoms with Gasteiger partial charge in [0.1, 0.15) is 5.82 Å². The molecule has 6 heteroatoms. The number of rotatable bonds is 5. The molecule has 2 aromatic rings. The minimum absolute atomic E-state index is 0.378. The topological polar surface area (TPSA) is 58.0 Å². The van der Waals surface area contributed by atoms with E-state index in [1.807, 2.05) is 6.92 Å². The van der Waals surface area contributed by atoms with Crippen molar-refractivity contribution in [3.63, 3.8) is 0 Å². The average Bonchev–Trinajstić information content (AvgIpc) is 2.46. The lowest BCUT2D eigenvalue weighted by Gasteiger charge is -2.12. The minimum atomic E-state index is -0.680. The van der Waals surface area contributed by atoms with E-state index in [9.17, 15) is 9.50 Å². The van der Waals surface area contributed by atoms with Gasteiger partial charge in [0.2, 0.25) is 0 Å². The van der Waals surface area contributed by atoms with Gasteiger partial charge in [-0.25, -0.2) is 14.4 Å². The highest BCUT2D eigenvalue weighted by molar-refractivity contribution is 9.10. The monoisotopic (exact) mass is 353 g/mol. The first kappa shape index (κ1) is 15.7. The van der Waals surface area contributed by atoms with E-state index >= 15 is 0 Å². The summed E-state index contributed by atoms with van der Waals surface area (Å²) in [5.41, 5.74) is 1.42. The van der Waals surface area contributed by atoms with Crippen molar-refractivity contribution in [3.8, 4) is 17.1 Å². The summed E-state index contributed by atoms with van der Waals surface area (Å²) in [6.45, 7) is 4.78. The number of nitrogens with one attached hydrogen (secondary N) is 1. The molecule has 0 unspecified atom stereocenters. The first-order valence-corrected chi connectivity index (χ1v) is 7.65. The van der Waals surface area contributed by atoms with Crippen LogP contribution in [0.15, 0.2) is 22.7 Å². The molecule has 0 saturated heterocycles. The molecular weight excluding hydrogens is 337 g/mol. The first-order chi connectivity index (χ1) is 10.1. The third kappa shape index (κ3) is 3.50. The maximum Gasteiger partial charge on any atom is 0.165 e. The number of nitrogens with zero attached hydrogens (tertiary/aromatic N) is 2. The molecule has 0 amide bonds. The summed E-state index contributed by atoms with van der Waals surface area (Å²) >= 11 is 3.51. The Morgan fingerprint density at radius 2 is 2.05 bits per heavy atom. The second kappa shape index (κ2) is 6.85. The van der Waals surface area contributed by atoms with Gasteiger partial charge in [0.05, 0.1) is 10.2 Å². The standard InChI is InChI=1S/C15H17BrFN3O/c1-3-5-11-13(16)15(18-4-2)20-14(19-11)9-6-7-12(21)10(17)8-9/h6-8,21H,3-5H2,1-2H3,(H,18,19,20). The molecule has 0 radical (unpaired) electrons. The quantitative estimate of drug-likeness (QED) is 0.848. The van der Waals surface area contributed by atoms with Gasteiger partial charge in [-0.15, -0.1) is 0 Å². The Labute approximate surface area is 131 Å². The van der Waals surface area contributed by atoms with Crippen LogP contribution in [-0.2, 0) is 6.42 Å². The van der Waals surface area contributed by atoms with Crippen LogP contribution in [0.1, 0.15) is 26.0 Å². The van der Waals surface area contributed by atoms with Crippen LogP contribution in [0.3, 0.4) is 0 Å². The third-order valence-electron chi connectivity index (χ3n) is 2.96. The Kier molecular flexibility index (Phi) is 5.12. The van der Waals surface area contributed by atoms with Gasteiger partial charge in [-0.3, -0.25) is 0 Å². The summed E-state index contributed by atoms with van der Waals surface area (Å²) < 4.78 is 14.4. The summed E-state index contributed by atoms with van der Waals surface area (Å²) in [7, 11) is 0. The molecule has 0 fully saturated rings. The maximum atomic E-state index is 13.5. The smallest absolute Gasteiger partial charge is 0.165 e. The van der Waals surface area contributed by atoms with Crippen molar-refractivity contribution in [1.29, 1.82) is 0 Å². The third-order valence-corrected chi connectivity index (χ3v) is 3.79. The van der Waals surface area contributed by atoms with E-state index < -0.39 is 5.82 Å². The lowest BCUT2D eigenvalue weighted by atomic mass is 10.1. The molecule has 2 rings (SSSR count). The Morgan fingerprint density at radius 3 is 2.67 bits per heavy atom. The van der Waals surface area contributed by atoms with Crippen molar-refractivity contribution in [3.05, 3.63) is 34.2 Å². The first-order valence-electron chi connectivity index (χ1n) is 6.86. The predicted molar refractivity (Wildman–Crippen MR) is 84.9 cm³/mol. The number of phenols is 1. The van der Waals surface area contributed by atoms with Crippen LogP contribution in [-0.4, -0.2) is 21.6 Å². The number of aryl methyl sites for hydroxylation is 1. The van der Waals surface area contributed by atoms with Gasteiger partial charge in [0, 0.05) is 12.1 Å². The summed E-state index contributed by atoms with van der Waals surface area (Å²) in [4.78, 5) is 8.93. The zero-order valence-electron chi connectivity index (χ0n) is 12.0. The van der Waals surface area contributed by atoms with Crippen LogP contribution in [0.25, 0.3) is 11.4 Å². The number of benzene rings is 1. The molecule has 0 saturated carbocycles. The normalized spacial score (nSPS) is 10.7. The van der Waals surface area contributed by atoms with E-state index in [2.05, 4.69) is 38.1 Å². The van der Waals surface area contributed by atoms with E-state index in [1.165, 1.54) is 12.1 Å². The lowest BCUT2D eigenvalue weighted by molar-refractivity contribution is 0.432. The highest BCUT2D eigenvalue weighted by Crippen LogP contribution is 2.29. The van der Waals surface area contributed by atoms with Gasteiger partial charge in [-0.1, -0.05) is 13.3 Å². The number of aromatic hydroxyl groups is 1. The fourth-order valence-corrected chi connectivity index (χ4v) is 2.47. The lowest BCUT2D eigenvalue weighted by Crippen LogP contribution is -2.06. The van der Waals surface area contributed by atoms with Gasteiger partial charge in [0.25, 0.3) is 0 Å². The number of aromatic nitrogens is 2. The van der Waals surface area contributed by atoms with Crippen molar-refractivity contribution in [2.24, 2.45) is 0 Å². The number of phenolic OH excluding ortho intramolecular Hbond substituents is 1. The average molecular weight is 354 g/mol. The van der Waals surface area contributed by atoms with Crippen molar-refractivity contribution < 1.29 is 9.50 Å². The molecule has 0 aliphatic heterocycles. The van der Waals surface area contributed by atoms with Crippen LogP contribution in [0.2, 0.25) is 0 Å². The zero-order valence-corrected chi connectivity index (χ0v) is 13.5. The Balaban J connectivity index is 2.53. The van der Waals surface area contributed by atoms with Gasteiger partial charge >= 0.3 is 0 Å². The molecule has 1 aromatic carbocycles. The number of anilines is 1. The summed E-state index contributed by atoms with van der Waals surface area (Å²) in [6, 6.07) is 4.15. The van der Waals surface area contributed by atoms with Crippen LogP contribution < -0.4 is 5.32 Å². The summed E-state index contributed by atoms with van der Waals surface area (Å²) in [6.07, 6.45) is 1.75. The van der Waals surface area contributed by atoms with E-state index in [-0.39, 0.29) is 5.75 Å². The molecule has 21 heavy (non-hydrogen) atoms. The Morgan fingerprint density at radius 1 is 1.29 bits per heavy atom. The molecule has 2 N–H and O–H groups in total. The number of hydrogen-bond acceptors (Lipinski definition) is 4. The molecule has 112 valence electrons. The van der Waals surface area contributed by atoms with Gasteiger partial charge in [-0.2, -0.15) is 0 Å². The van der Waals surface area contributed by atoms with E-state index in [0.717, 1.165) is 29.6 Å². The fraction of sp³-hybridized carbons (Fsp3) is 0.333. The van der Waals surface area contributed by atoms with E-state index in [1.54, 1.807) is 6.07 Å². The molecule has 1 aromatic heterocycles. The molecular formula is C15H17BrFN3O. The summed E-state index contributed by atoms with van der Waals surface area (Å²) in [5.74, 6) is 0.0774. The van der Waals surface area contributed by atoms with Gasteiger partial charge < -0.3 is 10.4 Å². The van der Waals surface area contributed by atoms with E-state index in [0.29, 0.717) is 17.2 Å². The fourth-order valence-electron chi connectivity index (χ4n) is 1.96. The molecule has 0 spiro atoms. The van der Waals surface area contributed by atoms with Crippen LogP contribution in [0.5, 0.6) is 5.75 Å². The second-order valence-corrected chi connectivity index (χ2v) is 5.40. The highest BCUT2D eigenvalue weighted by atomic mass is 79.9. The summed E-state index contributed by atoms with van der Waals surface area (Å²) in [5, 5.41) is 12.4. The Bertz CT molecular complexity index is 622. The Hall–Kier alpha value is -1.69. The SMILES string of the molecule is CCCc1nc(-c2ccc(O)c(F)c2)nc(NCC)c1Br. The van der Waals surface area contributed by atoms with Crippen LogP contribution in [0, 0.1) is 5.82 Å². The zero-order chi connectivity index (χ0) is 15.4. The number of hydrogen-bond donors (Lipinski definition) is 2. The van der Waals surface area contributed by atoms with Gasteiger partial charge in [-0.05, 0) is 47.5 Å². The molecule has 0 atom stereocenters. The molecule has 0 aliphatic carbocycles. The largest absolute Gasteiger partial charge is 0.505 e. The van der Waals surface area contributed by atoms with E-state index in [4.69, 9.17) is 0 Å². The van der Waals surface area contributed by atoms with Gasteiger partial charge in [0.15, 0.2) is 17.4 Å². The minimum Gasteiger partial charge on any atom is -0.505 e. The van der Waals surface area contributed by atoms with Crippen LogP contribution in [0.4, 0.5) is 10.2 Å². The second-order valence-electron chi connectivity index (χ2n) is 4.60. The molecule has 4 nitrogen and oxygen atoms in total. The van der Waals surface area contributed by atoms with Crippen molar-refractivity contribution >= 4 is 21.7 Å².